The lowest BCUT2D eigenvalue weighted by Crippen LogP contribution is -2.28. The van der Waals surface area contributed by atoms with Crippen molar-refractivity contribution < 1.29 is 14.3 Å². The third-order valence-corrected chi connectivity index (χ3v) is 3.94. The predicted octanol–water partition coefficient (Wildman–Crippen LogP) is 1.31. The molecular weight excluding hydrogens is 280 g/mol. The summed E-state index contributed by atoms with van der Waals surface area (Å²) in [6.07, 6.45) is 3.66. The molecule has 22 heavy (non-hydrogen) atoms. The van der Waals surface area contributed by atoms with Gasteiger partial charge in [0.1, 0.15) is 0 Å². The molecule has 0 radical (unpaired) electrons. The molecule has 2 rings (SSSR count). The second-order valence-corrected chi connectivity index (χ2v) is 5.40. The third kappa shape index (κ3) is 4.18. The number of carbonyl (C=O) groups is 2. The Kier molecular flexibility index (Phi) is 5.72. The Bertz CT molecular complexity index is 542. The number of nitrogens with one attached hydrogen (secondary N) is 1. The molecule has 0 unspecified atom stereocenters. The summed E-state index contributed by atoms with van der Waals surface area (Å²) in [4.78, 5) is 25.5. The SMILES string of the molecule is CNC(=O)C[C@@H]1CN(C(=O)/C=C/c2ccccc2)C[C@@H]1OC. The number of nitrogens with zero attached hydrogens (tertiary/aromatic N) is 1. The van der Waals surface area contributed by atoms with Gasteiger partial charge >= 0.3 is 0 Å². The van der Waals surface area contributed by atoms with E-state index in [0.717, 1.165) is 5.56 Å². The molecule has 1 aromatic rings. The highest BCUT2D eigenvalue weighted by atomic mass is 16.5. The number of hydrogen-bond acceptors (Lipinski definition) is 3. The average Bonchev–Trinajstić information content (AvgIpc) is 2.96. The Hall–Kier alpha value is -2.14. The summed E-state index contributed by atoms with van der Waals surface area (Å²) < 4.78 is 5.41. The van der Waals surface area contributed by atoms with E-state index in [-0.39, 0.29) is 23.8 Å². The van der Waals surface area contributed by atoms with Crippen molar-refractivity contribution in [3.05, 3.63) is 42.0 Å². The van der Waals surface area contributed by atoms with Gasteiger partial charge in [-0.3, -0.25) is 9.59 Å². The normalized spacial score (nSPS) is 21.3. The van der Waals surface area contributed by atoms with Gasteiger partial charge in [0.05, 0.1) is 6.10 Å². The van der Waals surface area contributed by atoms with Crippen LogP contribution in [0.4, 0.5) is 0 Å². The van der Waals surface area contributed by atoms with Crippen molar-refractivity contribution in [1.82, 2.24) is 10.2 Å². The zero-order chi connectivity index (χ0) is 15.9. The topological polar surface area (TPSA) is 58.6 Å². The predicted molar refractivity (Wildman–Crippen MR) is 85.0 cm³/mol. The van der Waals surface area contributed by atoms with E-state index in [1.165, 1.54) is 0 Å². The Morgan fingerprint density at radius 2 is 2.05 bits per heavy atom. The monoisotopic (exact) mass is 302 g/mol. The molecule has 0 aliphatic carbocycles. The van der Waals surface area contributed by atoms with Gasteiger partial charge < -0.3 is 15.0 Å². The zero-order valence-corrected chi connectivity index (χ0v) is 13.0. The van der Waals surface area contributed by atoms with Crippen molar-refractivity contribution in [3.63, 3.8) is 0 Å². The number of hydrogen-bond donors (Lipinski definition) is 1. The first kappa shape index (κ1) is 16.2. The van der Waals surface area contributed by atoms with Gasteiger partial charge in [0.2, 0.25) is 11.8 Å². The number of benzene rings is 1. The lowest BCUT2D eigenvalue weighted by molar-refractivity contribution is -0.126. The molecule has 0 bridgehead atoms. The second-order valence-electron chi connectivity index (χ2n) is 5.40. The maximum atomic E-state index is 12.3. The van der Waals surface area contributed by atoms with Gasteiger partial charge in [-0.05, 0) is 11.6 Å². The molecule has 1 aliphatic heterocycles. The molecule has 1 saturated heterocycles. The maximum Gasteiger partial charge on any atom is 0.246 e. The van der Waals surface area contributed by atoms with Gasteiger partial charge in [-0.1, -0.05) is 30.3 Å². The Labute approximate surface area is 130 Å². The number of methoxy groups -OCH3 is 1. The molecule has 5 nitrogen and oxygen atoms in total. The molecule has 1 aromatic carbocycles. The van der Waals surface area contributed by atoms with Crippen molar-refractivity contribution in [2.75, 3.05) is 27.2 Å². The largest absolute Gasteiger partial charge is 0.379 e. The lowest BCUT2D eigenvalue weighted by atomic mass is 10.0. The Balaban J connectivity index is 1.96. The first-order valence-electron chi connectivity index (χ1n) is 7.39. The average molecular weight is 302 g/mol. The first-order valence-corrected chi connectivity index (χ1v) is 7.39. The van der Waals surface area contributed by atoms with E-state index in [2.05, 4.69) is 5.32 Å². The summed E-state index contributed by atoms with van der Waals surface area (Å²) in [6, 6.07) is 9.69. The van der Waals surface area contributed by atoms with Crippen LogP contribution >= 0.6 is 0 Å². The van der Waals surface area contributed by atoms with E-state index in [0.29, 0.717) is 19.5 Å². The molecule has 1 heterocycles. The highest BCUT2D eigenvalue weighted by Crippen LogP contribution is 2.23. The summed E-state index contributed by atoms with van der Waals surface area (Å²) in [5.74, 6) is -0.0366. The number of amides is 2. The molecule has 1 aliphatic rings. The molecule has 2 atom stereocenters. The van der Waals surface area contributed by atoms with Crippen molar-refractivity contribution in [3.8, 4) is 0 Å². The summed E-state index contributed by atoms with van der Waals surface area (Å²) in [5.41, 5.74) is 0.986. The van der Waals surface area contributed by atoms with Gasteiger partial charge in [-0.15, -0.1) is 0 Å². The van der Waals surface area contributed by atoms with Crippen molar-refractivity contribution in [1.29, 1.82) is 0 Å². The summed E-state index contributed by atoms with van der Waals surface area (Å²) >= 11 is 0. The molecule has 0 spiro atoms. The van der Waals surface area contributed by atoms with Crippen LogP contribution in [0.5, 0.6) is 0 Å². The number of ether oxygens (including phenoxy) is 1. The first-order chi connectivity index (χ1) is 10.6. The third-order valence-electron chi connectivity index (χ3n) is 3.94. The number of carbonyl (C=O) groups excluding carboxylic acids is 2. The van der Waals surface area contributed by atoms with Gasteiger partial charge in [-0.2, -0.15) is 0 Å². The quantitative estimate of drug-likeness (QED) is 0.834. The fourth-order valence-electron chi connectivity index (χ4n) is 2.66. The van der Waals surface area contributed by atoms with Gasteiger partial charge in [0.15, 0.2) is 0 Å². The highest BCUT2D eigenvalue weighted by molar-refractivity contribution is 5.92. The minimum absolute atomic E-state index is 0.0267. The van der Waals surface area contributed by atoms with Gasteiger partial charge in [0, 0.05) is 45.7 Å². The smallest absolute Gasteiger partial charge is 0.246 e. The van der Waals surface area contributed by atoms with Crippen LogP contribution in [0.2, 0.25) is 0 Å². The molecule has 2 amide bonds. The highest BCUT2D eigenvalue weighted by Gasteiger charge is 2.35. The van der Waals surface area contributed by atoms with Crippen LogP contribution in [0.15, 0.2) is 36.4 Å². The van der Waals surface area contributed by atoms with Gasteiger partial charge in [0.25, 0.3) is 0 Å². The standard InChI is InChI=1S/C17H22N2O3/c1-18-16(20)10-14-11-19(12-15(14)22-2)17(21)9-8-13-6-4-3-5-7-13/h3-9,14-15H,10-12H2,1-2H3,(H,18,20)/b9-8+/t14-,15+/m1/s1. The van der Waals surface area contributed by atoms with Gasteiger partial charge in [-0.25, -0.2) is 0 Å². The van der Waals surface area contributed by atoms with Crippen LogP contribution in [0, 0.1) is 5.92 Å². The molecule has 0 aromatic heterocycles. The fourth-order valence-corrected chi connectivity index (χ4v) is 2.66. The molecule has 5 heteroatoms. The number of rotatable bonds is 5. The zero-order valence-electron chi connectivity index (χ0n) is 13.0. The lowest BCUT2D eigenvalue weighted by Gasteiger charge is -2.14. The fraction of sp³-hybridized carbons (Fsp3) is 0.412. The van der Waals surface area contributed by atoms with Crippen LogP contribution in [0.1, 0.15) is 12.0 Å². The van der Waals surface area contributed by atoms with Crippen LogP contribution < -0.4 is 5.32 Å². The molecule has 1 fully saturated rings. The Morgan fingerprint density at radius 1 is 1.32 bits per heavy atom. The summed E-state index contributed by atoms with van der Waals surface area (Å²) in [6.45, 7) is 1.07. The van der Waals surface area contributed by atoms with E-state index in [1.54, 1.807) is 31.2 Å². The van der Waals surface area contributed by atoms with Crippen molar-refractivity contribution in [2.45, 2.75) is 12.5 Å². The number of likely N-dealkylation sites (tertiary alicyclic amines) is 1. The molecular formula is C17H22N2O3. The second kappa shape index (κ2) is 7.75. The molecule has 118 valence electrons. The van der Waals surface area contributed by atoms with E-state index in [1.807, 2.05) is 30.3 Å². The van der Waals surface area contributed by atoms with Crippen LogP contribution in [0.3, 0.4) is 0 Å². The van der Waals surface area contributed by atoms with E-state index in [9.17, 15) is 9.59 Å². The molecule has 0 saturated carbocycles. The summed E-state index contributed by atoms with van der Waals surface area (Å²) in [7, 11) is 3.24. The van der Waals surface area contributed by atoms with Crippen LogP contribution in [-0.4, -0.2) is 50.1 Å². The summed E-state index contributed by atoms with van der Waals surface area (Å²) in [5, 5.41) is 2.62. The van der Waals surface area contributed by atoms with Crippen LogP contribution in [0.25, 0.3) is 6.08 Å². The van der Waals surface area contributed by atoms with Crippen LogP contribution in [-0.2, 0) is 14.3 Å². The minimum Gasteiger partial charge on any atom is -0.379 e. The molecule has 1 N–H and O–H groups in total. The maximum absolute atomic E-state index is 12.3. The van der Waals surface area contributed by atoms with E-state index in [4.69, 9.17) is 4.74 Å². The van der Waals surface area contributed by atoms with Crippen molar-refractivity contribution >= 4 is 17.9 Å². The van der Waals surface area contributed by atoms with Crippen molar-refractivity contribution in [2.24, 2.45) is 5.92 Å². The Morgan fingerprint density at radius 3 is 2.68 bits per heavy atom. The van der Waals surface area contributed by atoms with E-state index >= 15 is 0 Å². The van der Waals surface area contributed by atoms with E-state index < -0.39 is 0 Å². The minimum atomic E-state index is -0.0913.